The highest BCUT2D eigenvalue weighted by molar-refractivity contribution is 5.66. The molecule has 2 saturated carbocycles. The van der Waals surface area contributed by atoms with Gasteiger partial charge in [0, 0.05) is 12.3 Å². The fourth-order valence-corrected chi connectivity index (χ4v) is 9.49. The lowest BCUT2D eigenvalue weighted by molar-refractivity contribution is -0.167. The summed E-state index contributed by atoms with van der Waals surface area (Å²) in [5.41, 5.74) is 6.02. The van der Waals surface area contributed by atoms with Crippen molar-refractivity contribution in [1.82, 2.24) is 0 Å². The molecule has 0 heterocycles. The van der Waals surface area contributed by atoms with Crippen LogP contribution in [-0.2, 0) is 9.53 Å². The molecule has 186 valence electrons. The predicted molar refractivity (Wildman–Crippen MR) is 138 cm³/mol. The van der Waals surface area contributed by atoms with E-state index in [9.17, 15) is 4.79 Å². The summed E-state index contributed by atoms with van der Waals surface area (Å²) >= 11 is 0. The molecule has 0 aromatic heterocycles. The van der Waals surface area contributed by atoms with Gasteiger partial charge in [0.05, 0.1) is 0 Å². The first-order valence-electron chi connectivity index (χ1n) is 13.9. The van der Waals surface area contributed by atoms with Crippen molar-refractivity contribution in [2.45, 2.75) is 126 Å². The molecule has 0 unspecified atom stereocenters. The zero-order chi connectivity index (χ0) is 24.2. The van der Waals surface area contributed by atoms with Gasteiger partial charge in [0.2, 0.25) is 0 Å². The minimum absolute atomic E-state index is 0.0512. The first-order chi connectivity index (χ1) is 15.4. The molecule has 0 aromatic carbocycles. The van der Waals surface area contributed by atoms with Gasteiger partial charge in [0.1, 0.15) is 6.10 Å². The average Bonchev–Trinajstić information content (AvgIpc) is 3.07. The average molecular weight is 455 g/mol. The second-order valence-electron chi connectivity index (χ2n) is 13.5. The zero-order valence-electron chi connectivity index (χ0n) is 22.9. The highest BCUT2D eigenvalue weighted by Crippen LogP contribution is 2.68. The Morgan fingerprint density at radius 1 is 1.03 bits per heavy atom. The number of ether oxygens (including phenoxy) is 1. The lowest BCUT2D eigenvalue weighted by atomic mass is 9.46. The lowest BCUT2D eigenvalue weighted by Gasteiger charge is -2.60. The maximum Gasteiger partial charge on any atom is 0.302 e. The molecular formula is C31H50O2. The molecule has 7 atom stereocenters. The summed E-state index contributed by atoms with van der Waals surface area (Å²) in [5, 5.41) is 0. The molecule has 0 amide bonds. The van der Waals surface area contributed by atoms with Crippen LogP contribution in [0.5, 0.6) is 0 Å². The van der Waals surface area contributed by atoms with Crippen molar-refractivity contribution in [3.63, 3.8) is 0 Å². The Kier molecular flexibility index (Phi) is 6.73. The van der Waals surface area contributed by atoms with Crippen LogP contribution in [0.1, 0.15) is 120 Å². The van der Waals surface area contributed by atoms with Crippen LogP contribution in [-0.4, -0.2) is 12.1 Å². The number of hydrogen-bond acceptors (Lipinski definition) is 2. The van der Waals surface area contributed by atoms with Crippen LogP contribution in [0, 0.1) is 39.9 Å². The van der Waals surface area contributed by atoms with Crippen LogP contribution >= 0.6 is 0 Å². The smallest absolute Gasteiger partial charge is 0.302 e. The van der Waals surface area contributed by atoms with Gasteiger partial charge in [0.25, 0.3) is 0 Å². The molecular weight excluding hydrogens is 404 g/mol. The first kappa shape index (κ1) is 25.1. The van der Waals surface area contributed by atoms with Gasteiger partial charge in [-0.15, -0.1) is 0 Å². The minimum atomic E-state index is -0.114. The second kappa shape index (κ2) is 8.87. The molecule has 0 N–H and O–H groups in total. The largest absolute Gasteiger partial charge is 0.462 e. The van der Waals surface area contributed by atoms with Crippen molar-refractivity contribution in [1.29, 1.82) is 0 Å². The molecule has 0 bridgehead atoms. The molecule has 0 aliphatic heterocycles. The van der Waals surface area contributed by atoms with Crippen molar-refractivity contribution in [2.24, 2.45) is 39.9 Å². The van der Waals surface area contributed by atoms with Gasteiger partial charge < -0.3 is 4.74 Å². The molecule has 2 heteroatoms. The van der Waals surface area contributed by atoms with Gasteiger partial charge >= 0.3 is 5.97 Å². The summed E-state index contributed by atoms with van der Waals surface area (Å²) in [6.45, 7) is 18.6. The Hall–Kier alpha value is -1.05. The minimum Gasteiger partial charge on any atom is -0.462 e. The van der Waals surface area contributed by atoms with Crippen LogP contribution in [0.15, 0.2) is 22.8 Å². The Labute approximate surface area is 204 Å². The quantitative estimate of drug-likeness (QED) is 0.307. The normalized spacial score (nSPS) is 40.4. The second-order valence-corrected chi connectivity index (χ2v) is 13.5. The monoisotopic (exact) mass is 454 g/mol. The van der Waals surface area contributed by atoms with Gasteiger partial charge in [-0.2, -0.15) is 0 Å². The highest BCUT2D eigenvalue weighted by atomic mass is 16.5. The number of fused-ring (bicyclic) bond motifs is 4. The number of rotatable bonds is 5. The summed E-state index contributed by atoms with van der Waals surface area (Å²) in [6.07, 6.45) is 15.4. The maximum atomic E-state index is 11.8. The first-order valence-corrected chi connectivity index (χ1v) is 13.9. The van der Waals surface area contributed by atoms with Crippen LogP contribution in [0.4, 0.5) is 0 Å². The van der Waals surface area contributed by atoms with Crippen molar-refractivity contribution in [3.05, 3.63) is 22.8 Å². The Morgan fingerprint density at radius 2 is 1.76 bits per heavy atom. The van der Waals surface area contributed by atoms with Gasteiger partial charge in [-0.3, -0.25) is 4.79 Å². The fraction of sp³-hybridized carbons (Fsp3) is 0.839. The standard InChI is InChI=1S/C31H50O2/c1-20(2)10-9-11-21(3)24-13-14-25-23-12-15-27-29(5,6)28(33-22(4)32)17-19-31(27,8)26(23)16-18-30(24,25)7/h10,21,24-25,27-28H,9,11-19H2,1-8H3/t21-,24-,25+,27+,28+,30-,31-/m1/s1. The number of allylic oxidation sites excluding steroid dienone is 4. The van der Waals surface area contributed by atoms with Gasteiger partial charge in [0.15, 0.2) is 0 Å². The van der Waals surface area contributed by atoms with E-state index < -0.39 is 0 Å². The van der Waals surface area contributed by atoms with Crippen molar-refractivity contribution >= 4 is 5.97 Å². The molecule has 4 aliphatic rings. The number of carbonyl (C=O) groups excluding carboxylic acids is 1. The fourth-order valence-electron chi connectivity index (χ4n) is 9.49. The van der Waals surface area contributed by atoms with Crippen LogP contribution in [0.25, 0.3) is 0 Å². The van der Waals surface area contributed by atoms with Crippen molar-refractivity contribution < 1.29 is 9.53 Å². The molecule has 4 aliphatic carbocycles. The third kappa shape index (κ3) is 4.16. The number of hydrogen-bond donors (Lipinski definition) is 0. The summed E-state index contributed by atoms with van der Waals surface area (Å²) in [7, 11) is 0. The van der Waals surface area contributed by atoms with E-state index in [0.29, 0.717) is 16.7 Å². The topological polar surface area (TPSA) is 26.3 Å². The van der Waals surface area contributed by atoms with Gasteiger partial charge in [-0.25, -0.2) is 0 Å². The summed E-state index contributed by atoms with van der Waals surface area (Å²) in [4.78, 5) is 11.8. The molecule has 0 spiro atoms. The Morgan fingerprint density at radius 3 is 2.42 bits per heavy atom. The van der Waals surface area contributed by atoms with E-state index >= 15 is 0 Å². The number of carbonyl (C=O) groups is 1. The van der Waals surface area contributed by atoms with E-state index in [1.54, 1.807) is 6.92 Å². The number of esters is 1. The van der Waals surface area contributed by atoms with E-state index in [4.69, 9.17) is 4.74 Å². The molecule has 0 saturated heterocycles. The third-order valence-corrected chi connectivity index (χ3v) is 11.1. The molecule has 0 aromatic rings. The third-order valence-electron chi connectivity index (χ3n) is 11.1. The van der Waals surface area contributed by atoms with Crippen molar-refractivity contribution in [2.75, 3.05) is 0 Å². The van der Waals surface area contributed by atoms with E-state index in [1.807, 2.05) is 11.1 Å². The van der Waals surface area contributed by atoms with Crippen LogP contribution in [0.3, 0.4) is 0 Å². The highest BCUT2D eigenvalue weighted by Gasteiger charge is 2.59. The maximum absolute atomic E-state index is 11.8. The summed E-state index contributed by atoms with van der Waals surface area (Å²) in [6, 6.07) is 0. The van der Waals surface area contributed by atoms with Crippen LogP contribution in [0.2, 0.25) is 0 Å². The van der Waals surface area contributed by atoms with E-state index in [1.165, 1.54) is 63.4 Å². The molecule has 33 heavy (non-hydrogen) atoms. The summed E-state index contributed by atoms with van der Waals surface area (Å²) in [5.74, 6) is 3.01. The molecule has 4 rings (SSSR count). The van der Waals surface area contributed by atoms with Crippen molar-refractivity contribution in [3.8, 4) is 0 Å². The molecule has 0 radical (unpaired) electrons. The predicted octanol–water partition coefficient (Wildman–Crippen LogP) is 8.66. The Balaban J connectivity index is 1.57. The van der Waals surface area contributed by atoms with Gasteiger partial charge in [-0.1, -0.05) is 57.4 Å². The van der Waals surface area contributed by atoms with E-state index in [0.717, 1.165) is 24.2 Å². The van der Waals surface area contributed by atoms with E-state index in [-0.39, 0.29) is 17.5 Å². The van der Waals surface area contributed by atoms with Crippen LogP contribution < -0.4 is 0 Å². The molecule has 2 nitrogen and oxygen atoms in total. The zero-order valence-corrected chi connectivity index (χ0v) is 22.9. The summed E-state index contributed by atoms with van der Waals surface area (Å²) < 4.78 is 5.85. The lowest BCUT2D eigenvalue weighted by Crippen LogP contribution is -2.54. The molecule has 2 fully saturated rings. The Bertz CT molecular complexity index is 828. The van der Waals surface area contributed by atoms with Gasteiger partial charge in [-0.05, 0) is 113 Å². The SMILES string of the molecule is CC(=O)O[C@H]1CC[C@]2(C)C3=C(CC[C@H]2C1(C)C)[C@@H]1CC[C@H]([C@H](C)CCC=C(C)C)[C@@]1(C)CC3. The van der Waals surface area contributed by atoms with E-state index in [2.05, 4.69) is 54.5 Å².